The van der Waals surface area contributed by atoms with Crippen LogP contribution in [0.25, 0.3) is 0 Å². The molecule has 0 amide bonds. The van der Waals surface area contributed by atoms with E-state index in [4.69, 9.17) is 8.83 Å². The van der Waals surface area contributed by atoms with Crippen LogP contribution >= 0.6 is 0 Å². The normalized spacial score (nSPS) is 11.4. The monoisotopic (exact) mass is 443 g/mol. The zero-order valence-corrected chi connectivity index (χ0v) is 18.9. The van der Waals surface area contributed by atoms with Gasteiger partial charge in [-0.3, -0.25) is 5.43 Å². The highest BCUT2D eigenvalue weighted by Gasteiger charge is 2.06. The number of hydrazone groups is 2. The van der Waals surface area contributed by atoms with Crippen molar-refractivity contribution in [2.24, 2.45) is 10.2 Å². The summed E-state index contributed by atoms with van der Waals surface area (Å²) in [6.45, 7) is 7.79. The van der Waals surface area contributed by atoms with Gasteiger partial charge in [0.05, 0.1) is 12.4 Å². The Bertz CT molecular complexity index is 1170. The van der Waals surface area contributed by atoms with Gasteiger partial charge in [-0.15, -0.1) is 0 Å². The van der Waals surface area contributed by atoms with Gasteiger partial charge in [0, 0.05) is 11.8 Å². The summed E-state index contributed by atoms with van der Waals surface area (Å²) in [5.74, 6) is 4.34. The van der Waals surface area contributed by atoms with Crippen molar-refractivity contribution in [1.82, 2.24) is 9.97 Å². The number of nitrogens with zero attached hydrogens (tertiary/aromatic N) is 4. The van der Waals surface area contributed by atoms with Gasteiger partial charge in [-0.05, 0) is 63.1 Å². The molecule has 0 saturated carbocycles. The molecule has 0 atom stereocenters. The summed E-state index contributed by atoms with van der Waals surface area (Å²) in [5.41, 5.74) is 8.78. The van der Waals surface area contributed by atoms with Crippen molar-refractivity contribution in [2.75, 3.05) is 16.2 Å². The van der Waals surface area contributed by atoms with Crippen LogP contribution in [0.3, 0.4) is 0 Å². The Balaban J connectivity index is 1.53. The van der Waals surface area contributed by atoms with Crippen molar-refractivity contribution in [2.45, 2.75) is 27.7 Å². The first-order chi connectivity index (χ1) is 16.0. The molecule has 0 radical (unpaired) electrons. The third-order valence-corrected chi connectivity index (χ3v) is 4.87. The standard InChI is InChI=1S/C24H25N7O2/c1-15-10-20(32-17(15)3)13-25-30-23-12-22(27-19-8-6-5-7-9-19)28-24(29-23)31-26-14-21-11-16(2)18(4)33-21/h5-14H,1-4H3,(H3,27,28,29,30,31). The van der Waals surface area contributed by atoms with Crippen molar-refractivity contribution >= 4 is 35.7 Å². The Kier molecular flexibility index (Phi) is 6.49. The van der Waals surface area contributed by atoms with Crippen molar-refractivity contribution in [3.63, 3.8) is 0 Å². The van der Waals surface area contributed by atoms with Gasteiger partial charge in [0.2, 0.25) is 5.95 Å². The number of aromatic nitrogens is 2. The summed E-state index contributed by atoms with van der Waals surface area (Å²) in [7, 11) is 0. The fourth-order valence-electron chi connectivity index (χ4n) is 2.93. The lowest BCUT2D eigenvalue weighted by Crippen LogP contribution is -2.04. The fourth-order valence-corrected chi connectivity index (χ4v) is 2.93. The maximum Gasteiger partial charge on any atom is 0.247 e. The topological polar surface area (TPSA) is 113 Å². The van der Waals surface area contributed by atoms with Crippen LogP contribution in [0.4, 0.5) is 23.3 Å². The number of benzene rings is 1. The third-order valence-electron chi connectivity index (χ3n) is 4.87. The molecule has 33 heavy (non-hydrogen) atoms. The highest BCUT2D eigenvalue weighted by molar-refractivity contribution is 5.78. The fraction of sp³-hybridized carbons (Fsp3) is 0.167. The van der Waals surface area contributed by atoms with Crippen LogP contribution in [0.1, 0.15) is 34.2 Å². The lowest BCUT2D eigenvalue weighted by atomic mass is 10.3. The zero-order valence-electron chi connectivity index (χ0n) is 18.9. The first-order valence-corrected chi connectivity index (χ1v) is 10.4. The second kappa shape index (κ2) is 9.82. The van der Waals surface area contributed by atoms with Crippen LogP contribution in [0.15, 0.2) is 67.6 Å². The van der Waals surface area contributed by atoms with Crippen LogP contribution < -0.4 is 16.2 Å². The van der Waals surface area contributed by atoms with E-state index in [0.717, 1.165) is 28.3 Å². The van der Waals surface area contributed by atoms with Gasteiger partial charge in [-0.2, -0.15) is 20.2 Å². The minimum absolute atomic E-state index is 0.287. The van der Waals surface area contributed by atoms with Crippen LogP contribution in [0.5, 0.6) is 0 Å². The van der Waals surface area contributed by atoms with E-state index in [-0.39, 0.29) is 5.95 Å². The lowest BCUT2D eigenvalue weighted by molar-refractivity contribution is 0.525. The van der Waals surface area contributed by atoms with Crippen molar-refractivity contribution < 1.29 is 8.83 Å². The molecule has 4 aromatic rings. The van der Waals surface area contributed by atoms with Crippen molar-refractivity contribution in [3.05, 3.63) is 82.7 Å². The van der Waals surface area contributed by atoms with E-state index in [1.54, 1.807) is 18.5 Å². The van der Waals surface area contributed by atoms with Gasteiger partial charge in [0.25, 0.3) is 0 Å². The van der Waals surface area contributed by atoms with Crippen LogP contribution in [0.2, 0.25) is 0 Å². The minimum atomic E-state index is 0.287. The van der Waals surface area contributed by atoms with Crippen molar-refractivity contribution in [1.29, 1.82) is 0 Å². The Morgan fingerprint density at radius 2 is 1.30 bits per heavy atom. The first-order valence-electron chi connectivity index (χ1n) is 10.4. The molecule has 9 nitrogen and oxygen atoms in total. The zero-order chi connectivity index (χ0) is 23.2. The number of hydrogen-bond donors (Lipinski definition) is 3. The quantitative estimate of drug-likeness (QED) is 0.242. The Morgan fingerprint density at radius 3 is 1.88 bits per heavy atom. The molecule has 0 aliphatic rings. The van der Waals surface area contributed by atoms with Crippen molar-refractivity contribution in [3.8, 4) is 0 Å². The highest BCUT2D eigenvalue weighted by atomic mass is 16.3. The summed E-state index contributed by atoms with van der Waals surface area (Å²) in [6.07, 6.45) is 3.17. The van der Waals surface area contributed by atoms with Gasteiger partial charge in [-0.1, -0.05) is 18.2 Å². The van der Waals surface area contributed by atoms with Crippen LogP contribution in [-0.4, -0.2) is 22.4 Å². The third kappa shape index (κ3) is 5.85. The van der Waals surface area contributed by atoms with Gasteiger partial charge < -0.3 is 14.2 Å². The molecule has 1 aromatic carbocycles. The van der Waals surface area contributed by atoms with E-state index in [0.29, 0.717) is 23.2 Å². The smallest absolute Gasteiger partial charge is 0.247 e. The molecule has 0 aliphatic heterocycles. The van der Waals surface area contributed by atoms with Gasteiger partial charge in [0.1, 0.15) is 28.9 Å². The molecule has 0 unspecified atom stereocenters. The molecule has 3 heterocycles. The molecule has 0 fully saturated rings. The lowest BCUT2D eigenvalue weighted by Gasteiger charge is -2.09. The molecule has 3 aromatic heterocycles. The molecule has 9 heteroatoms. The van der Waals surface area contributed by atoms with Gasteiger partial charge in [-0.25, -0.2) is 5.43 Å². The second-order valence-corrected chi connectivity index (χ2v) is 7.47. The predicted molar refractivity (Wildman–Crippen MR) is 131 cm³/mol. The van der Waals surface area contributed by atoms with Gasteiger partial charge in [0.15, 0.2) is 5.82 Å². The number of hydrogen-bond acceptors (Lipinski definition) is 9. The van der Waals surface area contributed by atoms with Crippen LogP contribution in [0, 0.1) is 27.7 Å². The molecular weight excluding hydrogens is 418 g/mol. The number of anilines is 4. The molecule has 0 bridgehead atoms. The van der Waals surface area contributed by atoms with E-state index < -0.39 is 0 Å². The maximum absolute atomic E-state index is 5.61. The molecule has 168 valence electrons. The van der Waals surface area contributed by atoms with E-state index in [1.165, 1.54) is 0 Å². The highest BCUT2D eigenvalue weighted by Crippen LogP contribution is 2.19. The van der Waals surface area contributed by atoms with E-state index in [1.807, 2.05) is 70.2 Å². The van der Waals surface area contributed by atoms with E-state index >= 15 is 0 Å². The summed E-state index contributed by atoms with van der Waals surface area (Å²) < 4.78 is 11.2. The average molecular weight is 444 g/mol. The number of rotatable bonds is 8. The van der Waals surface area contributed by atoms with Crippen LogP contribution in [-0.2, 0) is 0 Å². The summed E-state index contributed by atoms with van der Waals surface area (Å²) >= 11 is 0. The predicted octanol–water partition coefficient (Wildman–Crippen LogP) is 5.53. The summed E-state index contributed by atoms with van der Waals surface area (Å²) in [6, 6.07) is 15.3. The molecule has 0 aliphatic carbocycles. The largest absolute Gasteiger partial charge is 0.460 e. The van der Waals surface area contributed by atoms with E-state index in [2.05, 4.69) is 36.3 Å². The number of furan rings is 2. The SMILES string of the molecule is Cc1cc(C=NNc2cc(Nc3ccccc3)nc(NN=Cc3cc(C)c(C)o3)n2)oc1C. The Hall–Kier alpha value is -4.40. The Morgan fingerprint density at radius 1 is 0.727 bits per heavy atom. The molecule has 0 spiro atoms. The molecule has 0 saturated heterocycles. The summed E-state index contributed by atoms with van der Waals surface area (Å²) in [4.78, 5) is 8.90. The number of para-hydroxylation sites is 1. The van der Waals surface area contributed by atoms with E-state index in [9.17, 15) is 0 Å². The number of aryl methyl sites for hydroxylation is 4. The second-order valence-electron chi connectivity index (χ2n) is 7.47. The molecular formula is C24H25N7O2. The first kappa shape index (κ1) is 21.8. The number of nitrogens with one attached hydrogen (secondary N) is 3. The molecule has 4 rings (SSSR count). The summed E-state index contributed by atoms with van der Waals surface area (Å²) in [5, 5.41) is 11.7. The van der Waals surface area contributed by atoms with Gasteiger partial charge >= 0.3 is 0 Å². The molecule has 3 N–H and O–H groups in total. The average Bonchev–Trinajstić information content (AvgIpc) is 3.28. The minimum Gasteiger partial charge on any atom is -0.460 e. The maximum atomic E-state index is 5.61. The Labute approximate surface area is 191 Å².